The van der Waals surface area contributed by atoms with Gasteiger partial charge < -0.3 is 9.64 Å². The van der Waals surface area contributed by atoms with E-state index in [4.69, 9.17) is 16.3 Å². The summed E-state index contributed by atoms with van der Waals surface area (Å²) < 4.78 is 56.1. The number of morpholine rings is 1. The molecule has 1 fully saturated rings. The molecule has 2 aliphatic rings. The molecular weight excluding hydrogens is 476 g/mol. The number of carbonyl (C=O) groups is 1. The van der Waals surface area contributed by atoms with Gasteiger partial charge in [0, 0.05) is 34.8 Å². The van der Waals surface area contributed by atoms with Crippen LogP contribution in [0.3, 0.4) is 0 Å². The molecule has 1 amide bonds. The van der Waals surface area contributed by atoms with Gasteiger partial charge >= 0.3 is 0 Å². The molecule has 0 bridgehead atoms. The number of hydrogen-bond acceptors (Lipinski definition) is 6. The molecule has 0 aliphatic carbocycles. The summed E-state index contributed by atoms with van der Waals surface area (Å²) in [7, 11) is -7.10. The third-order valence-electron chi connectivity index (χ3n) is 5.28. The number of ether oxygens (including phenoxy) is 1. The summed E-state index contributed by atoms with van der Waals surface area (Å²) in [5.41, 5.74) is 0.717. The van der Waals surface area contributed by atoms with Crippen LogP contribution >= 0.6 is 11.6 Å². The largest absolute Gasteiger partial charge is 0.379 e. The van der Waals surface area contributed by atoms with E-state index in [1.54, 1.807) is 24.3 Å². The van der Waals surface area contributed by atoms with Crippen molar-refractivity contribution in [1.29, 1.82) is 0 Å². The van der Waals surface area contributed by atoms with Gasteiger partial charge in [-0.25, -0.2) is 16.8 Å². The van der Waals surface area contributed by atoms with E-state index < -0.39 is 31.8 Å². The Balaban J connectivity index is 1.64. The minimum Gasteiger partial charge on any atom is -0.379 e. The number of nitrogens with zero attached hydrogens (tertiary/aromatic N) is 2. The predicted molar refractivity (Wildman–Crippen MR) is 121 cm³/mol. The molecule has 0 N–H and O–H groups in total. The lowest BCUT2D eigenvalue weighted by molar-refractivity contribution is 0.0730. The molecule has 8 nitrogen and oxygen atoms in total. The lowest BCUT2D eigenvalue weighted by Gasteiger charge is -2.28. The van der Waals surface area contributed by atoms with Crippen molar-refractivity contribution < 1.29 is 26.4 Å². The quantitative estimate of drug-likeness (QED) is 0.629. The Morgan fingerprint density at radius 2 is 1.66 bits per heavy atom. The van der Waals surface area contributed by atoms with Gasteiger partial charge in [0.15, 0.2) is 9.84 Å². The highest BCUT2D eigenvalue weighted by molar-refractivity contribution is 7.94. The number of sulfone groups is 1. The molecule has 2 aromatic carbocycles. The van der Waals surface area contributed by atoms with Gasteiger partial charge in [-0.2, -0.15) is 4.31 Å². The summed E-state index contributed by atoms with van der Waals surface area (Å²) in [6.07, 6.45) is 1.47. The van der Waals surface area contributed by atoms with Crippen LogP contribution in [0.15, 0.2) is 64.9 Å². The zero-order valence-corrected chi connectivity index (χ0v) is 19.3. The molecule has 0 saturated carbocycles. The smallest absolute Gasteiger partial charge is 0.258 e. The molecule has 0 aromatic heterocycles. The second-order valence-corrected chi connectivity index (χ2v) is 11.7. The number of hydrogen-bond donors (Lipinski definition) is 0. The molecule has 1 saturated heterocycles. The van der Waals surface area contributed by atoms with Gasteiger partial charge in [0.2, 0.25) is 10.0 Å². The lowest BCUT2D eigenvalue weighted by Crippen LogP contribution is -2.41. The minimum atomic E-state index is -3.69. The molecule has 170 valence electrons. The van der Waals surface area contributed by atoms with Gasteiger partial charge in [0.05, 0.1) is 29.9 Å². The standard InChI is InChI=1S/C21H21ClN2O6S2/c22-17-3-5-18(6-4-17)24(19-9-14-31(26,27)15-19)21(25)16-1-7-20(8-2-16)32(28,29)23-10-12-30-13-11-23/h1-9,14,19H,10-13,15H2/t19-/m0/s1. The first-order valence-corrected chi connectivity index (χ1v) is 13.4. The molecule has 2 aliphatic heterocycles. The highest BCUT2D eigenvalue weighted by Crippen LogP contribution is 2.27. The minimum absolute atomic E-state index is 0.0809. The Bertz CT molecular complexity index is 1240. The summed E-state index contributed by atoms with van der Waals surface area (Å²) in [5, 5.41) is 1.58. The molecule has 32 heavy (non-hydrogen) atoms. The van der Waals surface area contributed by atoms with Crippen LogP contribution in [0.2, 0.25) is 5.02 Å². The van der Waals surface area contributed by atoms with E-state index in [1.165, 1.54) is 39.5 Å². The van der Waals surface area contributed by atoms with Crippen LogP contribution < -0.4 is 4.90 Å². The zero-order chi connectivity index (χ0) is 22.9. The van der Waals surface area contributed by atoms with Crippen molar-refractivity contribution in [3.63, 3.8) is 0 Å². The average molecular weight is 497 g/mol. The van der Waals surface area contributed by atoms with E-state index in [0.717, 1.165) is 5.41 Å². The highest BCUT2D eigenvalue weighted by Gasteiger charge is 2.32. The van der Waals surface area contributed by atoms with Crippen molar-refractivity contribution in [3.05, 3.63) is 70.6 Å². The van der Waals surface area contributed by atoms with Crippen LogP contribution in [-0.2, 0) is 24.6 Å². The van der Waals surface area contributed by atoms with Gasteiger partial charge in [0.25, 0.3) is 5.91 Å². The third-order valence-corrected chi connectivity index (χ3v) is 8.82. The predicted octanol–water partition coefficient (Wildman–Crippen LogP) is 2.32. The van der Waals surface area contributed by atoms with Crippen LogP contribution in [-0.4, -0.2) is 65.1 Å². The monoisotopic (exact) mass is 496 g/mol. The van der Waals surface area contributed by atoms with Crippen LogP contribution in [0.5, 0.6) is 0 Å². The van der Waals surface area contributed by atoms with Crippen molar-refractivity contribution in [1.82, 2.24) is 4.31 Å². The molecule has 2 aromatic rings. The molecule has 0 radical (unpaired) electrons. The Kier molecular flexibility index (Phi) is 6.42. The normalized spacial score (nSPS) is 20.8. The van der Waals surface area contributed by atoms with Gasteiger partial charge in [0.1, 0.15) is 0 Å². The number of rotatable bonds is 5. The maximum Gasteiger partial charge on any atom is 0.258 e. The van der Waals surface area contributed by atoms with Gasteiger partial charge in [-0.15, -0.1) is 0 Å². The Morgan fingerprint density at radius 1 is 1.03 bits per heavy atom. The summed E-state index contributed by atoms with van der Waals surface area (Å²) in [6, 6.07) is 11.5. The summed E-state index contributed by atoms with van der Waals surface area (Å²) >= 11 is 5.96. The van der Waals surface area contributed by atoms with E-state index in [2.05, 4.69) is 0 Å². The number of anilines is 1. The lowest BCUT2D eigenvalue weighted by atomic mass is 10.1. The first-order chi connectivity index (χ1) is 15.2. The highest BCUT2D eigenvalue weighted by atomic mass is 35.5. The molecule has 1 atom stereocenters. The van der Waals surface area contributed by atoms with E-state index >= 15 is 0 Å². The summed E-state index contributed by atoms with van der Waals surface area (Å²) in [6.45, 7) is 1.22. The van der Waals surface area contributed by atoms with Crippen molar-refractivity contribution in [2.24, 2.45) is 0 Å². The molecule has 0 spiro atoms. The Labute approximate surface area is 192 Å². The molecule has 11 heteroatoms. The molecule has 2 heterocycles. The number of carbonyl (C=O) groups excluding carboxylic acids is 1. The molecule has 4 rings (SSSR count). The van der Waals surface area contributed by atoms with Gasteiger partial charge in [-0.05, 0) is 54.6 Å². The first kappa shape index (κ1) is 22.9. The molecule has 0 unspecified atom stereocenters. The van der Waals surface area contributed by atoms with Gasteiger partial charge in [-0.3, -0.25) is 4.79 Å². The fourth-order valence-corrected chi connectivity index (χ4v) is 6.43. The number of halogens is 1. The zero-order valence-electron chi connectivity index (χ0n) is 16.9. The number of amides is 1. The number of benzene rings is 2. The van der Waals surface area contributed by atoms with Crippen LogP contribution in [0, 0.1) is 0 Å². The van der Waals surface area contributed by atoms with Crippen LogP contribution in [0.1, 0.15) is 10.4 Å². The number of sulfonamides is 1. The second kappa shape index (κ2) is 8.95. The van der Waals surface area contributed by atoms with Crippen molar-refractivity contribution in [2.75, 3.05) is 37.0 Å². The third kappa shape index (κ3) is 4.74. The Hall–Kier alpha value is -2.24. The van der Waals surface area contributed by atoms with Crippen molar-refractivity contribution in [2.45, 2.75) is 10.9 Å². The average Bonchev–Trinajstić information content (AvgIpc) is 3.15. The van der Waals surface area contributed by atoms with E-state index in [-0.39, 0.29) is 29.3 Å². The van der Waals surface area contributed by atoms with E-state index in [0.29, 0.717) is 23.9 Å². The van der Waals surface area contributed by atoms with Gasteiger partial charge in [-0.1, -0.05) is 11.6 Å². The first-order valence-electron chi connectivity index (χ1n) is 9.85. The summed E-state index contributed by atoms with van der Waals surface area (Å²) in [4.78, 5) is 14.8. The maximum atomic E-state index is 13.4. The van der Waals surface area contributed by atoms with Crippen LogP contribution in [0.25, 0.3) is 0 Å². The fourth-order valence-electron chi connectivity index (χ4n) is 3.63. The fraction of sp³-hybridized carbons (Fsp3) is 0.286. The van der Waals surface area contributed by atoms with E-state index in [1.807, 2.05) is 0 Å². The maximum absolute atomic E-state index is 13.4. The van der Waals surface area contributed by atoms with Crippen LogP contribution in [0.4, 0.5) is 5.69 Å². The van der Waals surface area contributed by atoms with Crippen molar-refractivity contribution >= 4 is 43.1 Å². The Morgan fingerprint density at radius 3 is 2.22 bits per heavy atom. The topological polar surface area (TPSA) is 101 Å². The second-order valence-electron chi connectivity index (χ2n) is 7.42. The molecular formula is C21H21ClN2O6S2. The van der Waals surface area contributed by atoms with E-state index in [9.17, 15) is 21.6 Å². The SMILES string of the molecule is O=C(c1ccc(S(=O)(=O)N2CCOCC2)cc1)N(c1ccc(Cl)cc1)[C@H]1C=CS(=O)(=O)C1. The summed E-state index contributed by atoms with van der Waals surface area (Å²) in [5.74, 6) is -0.681. The van der Waals surface area contributed by atoms with Crippen molar-refractivity contribution in [3.8, 4) is 0 Å².